The number of aliphatic hydroxyl groups excluding tert-OH is 1. The Morgan fingerprint density at radius 1 is 1.35 bits per heavy atom. The second kappa shape index (κ2) is 6.62. The molecule has 1 aliphatic rings. The van der Waals surface area contributed by atoms with Crippen LogP contribution in [0.5, 0.6) is 0 Å². The Morgan fingerprint density at radius 3 is 2.77 bits per heavy atom. The van der Waals surface area contributed by atoms with Crippen molar-refractivity contribution in [3.05, 3.63) is 69.3 Å². The summed E-state index contributed by atoms with van der Waals surface area (Å²) in [6.07, 6.45) is 2.42. The number of thiazole rings is 1. The molecule has 4 rings (SSSR count). The highest BCUT2D eigenvalue weighted by molar-refractivity contribution is 7.15. The monoisotopic (exact) mass is 373 g/mol. The molecule has 6 nitrogen and oxygen atoms in total. The molecule has 3 aromatic rings. The van der Waals surface area contributed by atoms with Gasteiger partial charge in [0.1, 0.15) is 11.5 Å². The molecule has 26 heavy (non-hydrogen) atoms. The van der Waals surface area contributed by atoms with E-state index in [1.54, 1.807) is 28.1 Å². The first-order valence-electron chi connectivity index (χ1n) is 8.22. The summed E-state index contributed by atoms with van der Waals surface area (Å²) in [5, 5.41) is 14.3. The molecule has 1 amide bonds. The van der Waals surface area contributed by atoms with Gasteiger partial charge in [0.15, 0.2) is 4.96 Å². The predicted octanol–water partition coefficient (Wildman–Crippen LogP) is 2.14. The maximum absolute atomic E-state index is 13.2. The van der Waals surface area contributed by atoms with E-state index >= 15 is 0 Å². The summed E-state index contributed by atoms with van der Waals surface area (Å²) in [6, 6.07) is 6.78. The fraction of sp³-hybridized carbons (Fsp3) is 0.278. The summed E-state index contributed by atoms with van der Waals surface area (Å²) in [6.45, 7) is 0. The minimum Gasteiger partial charge on any atom is -0.393 e. The second-order valence-corrected chi connectivity index (χ2v) is 7.30. The number of fused-ring (bicyclic) bond motifs is 1. The molecule has 134 valence electrons. The number of nitrogens with zero attached hydrogens (tertiary/aromatic N) is 2. The van der Waals surface area contributed by atoms with Gasteiger partial charge in [-0.05, 0) is 36.5 Å². The predicted molar refractivity (Wildman–Crippen MR) is 94.7 cm³/mol. The highest BCUT2D eigenvalue weighted by atomic mass is 32.1. The first kappa shape index (κ1) is 16.9. The summed E-state index contributed by atoms with van der Waals surface area (Å²) in [4.78, 5) is 28.9. The van der Waals surface area contributed by atoms with E-state index in [9.17, 15) is 19.1 Å². The zero-order chi connectivity index (χ0) is 18.3. The first-order valence-corrected chi connectivity index (χ1v) is 9.10. The number of hydrogen-bond acceptors (Lipinski definition) is 5. The number of rotatable bonds is 4. The quantitative estimate of drug-likeness (QED) is 0.734. The highest BCUT2D eigenvalue weighted by Crippen LogP contribution is 2.38. The maximum atomic E-state index is 13.2. The molecule has 2 N–H and O–H groups in total. The summed E-state index contributed by atoms with van der Waals surface area (Å²) >= 11 is 1.27. The van der Waals surface area contributed by atoms with Crippen LogP contribution in [-0.4, -0.2) is 26.5 Å². The Bertz CT molecular complexity index is 1010. The Morgan fingerprint density at radius 2 is 2.08 bits per heavy atom. The molecule has 1 saturated carbocycles. The van der Waals surface area contributed by atoms with Gasteiger partial charge in [0.2, 0.25) is 0 Å². The van der Waals surface area contributed by atoms with Crippen LogP contribution in [0.4, 0.5) is 4.39 Å². The second-order valence-electron chi connectivity index (χ2n) is 6.42. The molecule has 0 aliphatic heterocycles. The van der Waals surface area contributed by atoms with Gasteiger partial charge >= 0.3 is 0 Å². The van der Waals surface area contributed by atoms with Crippen molar-refractivity contribution in [2.45, 2.75) is 25.0 Å². The van der Waals surface area contributed by atoms with Gasteiger partial charge in [0.25, 0.3) is 11.5 Å². The van der Waals surface area contributed by atoms with E-state index in [0.717, 1.165) is 5.56 Å². The lowest BCUT2D eigenvalue weighted by molar-refractivity contribution is 0.0234. The largest absolute Gasteiger partial charge is 0.393 e. The minimum absolute atomic E-state index is 0.0518. The van der Waals surface area contributed by atoms with Gasteiger partial charge < -0.3 is 10.4 Å². The third-order valence-corrected chi connectivity index (χ3v) is 5.44. The number of amides is 1. The Hall–Kier alpha value is -2.58. The van der Waals surface area contributed by atoms with E-state index in [2.05, 4.69) is 10.3 Å². The highest BCUT2D eigenvalue weighted by Gasteiger charge is 2.36. The molecule has 0 spiro atoms. The third kappa shape index (κ3) is 3.13. The van der Waals surface area contributed by atoms with Crippen LogP contribution < -0.4 is 10.9 Å². The van der Waals surface area contributed by atoms with Crippen molar-refractivity contribution in [1.29, 1.82) is 0 Å². The summed E-state index contributed by atoms with van der Waals surface area (Å²) in [7, 11) is 0. The molecule has 0 saturated heterocycles. The molecule has 8 heteroatoms. The van der Waals surface area contributed by atoms with Crippen molar-refractivity contribution in [1.82, 2.24) is 14.7 Å². The van der Waals surface area contributed by atoms with Crippen LogP contribution in [-0.2, 0) is 0 Å². The van der Waals surface area contributed by atoms with Crippen molar-refractivity contribution >= 4 is 22.2 Å². The van der Waals surface area contributed by atoms with E-state index in [0.29, 0.717) is 17.8 Å². The number of carbonyl (C=O) groups is 1. The lowest BCUT2D eigenvalue weighted by atomic mass is 9.75. The zero-order valence-corrected chi connectivity index (χ0v) is 14.4. The Labute approximate surface area is 151 Å². The number of aromatic nitrogens is 2. The van der Waals surface area contributed by atoms with Crippen LogP contribution in [0.2, 0.25) is 0 Å². The molecule has 0 radical (unpaired) electrons. The summed E-state index contributed by atoms with van der Waals surface area (Å²) in [5.74, 6) is -0.710. The topological polar surface area (TPSA) is 83.7 Å². The van der Waals surface area contributed by atoms with Crippen molar-refractivity contribution in [3.63, 3.8) is 0 Å². The first-order chi connectivity index (χ1) is 12.5. The van der Waals surface area contributed by atoms with Crippen LogP contribution in [0.15, 0.2) is 46.7 Å². The molecular formula is C18H16FN3O3S. The van der Waals surface area contributed by atoms with Gasteiger partial charge in [-0.2, -0.15) is 4.98 Å². The van der Waals surface area contributed by atoms with Crippen molar-refractivity contribution < 1.29 is 14.3 Å². The molecule has 1 fully saturated rings. The van der Waals surface area contributed by atoms with Crippen LogP contribution >= 0.6 is 11.3 Å². The number of hydrogen-bond donors (Lipinski definition) is 2. The normalized spacial score (nSPS) is 20.5. The summed E-state index contributed by atoms with van der Waals surface area (Å²) < 4.78 is 14.8. The summed E-state index contributed by atoms with van der Waals surface area (Å²) in [5.41, 5.74) is 0.489. The Kier molecular flexibility index (Phi) is 4.29. The SMILES string of the molecule is O=C(N[C@H](c1ccc(F)cc1)C1CC(O)C1)c1cc(=O)nc2sccn12. The molecule has 0 unspecified atom stereocenters. The molecular weight excluding hydrogens is 357 g/mol. The van der Waals surface area contributed by atoms with E-state index in [1.165, 1.54) is 29.5 Å². The minimum atomic E-state index is -0.477. The van der Waals surface area contributed by atoms with E-state index < -0.39 is 11.5 Å². The zero-order valence-electron chi connectivity index (χ0n) is 13.6. The van der Waals surface area contributed by atoms with E-state index in [4.69, 9.17) is 0 Å². The van der Waals surface area contributed by atoms with Gasteiger partial charge in [-0.25, -0.2) is 4.39 Å². The molecule has 2 aromatic heterocycles. The lowest BCUT2D eigenvalue weighted by Crippen LogP contribution is -2.42. The van der Waals surface area contributed by atoms with Gasteiger partial charge in [-0.15, -0.1) is 11.3 Å². The third-order valence-electron chi connectivity index (χ3n) is 4.68. The fourth-order valence-electron chi connectivity index (χ4n) is 3.28. The fourth-order valence-corrected chi connectivity index (χ4v) is 4.00. The number of halogens is 1. The van der Waals surface area contributed by atoms with E-state index in [-0.39, 0.29) is 29.6 Å². The van der Waals surface area contributed by atoms with Gasteiger partial charge in [-0.1, -0.05) is 12.1 Å². The standard InChI is InChI=1S/C18H16FN3O3S/c19-12-3-1-10(2-4-12)16(11-7-13(23)8-11)21-17(25)14-9-15(24)20-18-22(14)5-6-26-18/h1-6,9,11,13,16,23H,7-8H2,(H,21,25)/t11?,13?,16-/m1/s1. The van der Waals surface area contributed by atoms with Gasteiger partial charge in [0, 0.05) is 17.6 Å². The average Bonchev–Trinajstić information content (AvgIpc) is 3.05. The van der Waals surface area contributed by atoms with E-state index in [1.807, 2.05) is 0 Å². The maximum Gasteiger partial charge on any atom is 0.274 e. The molecule has 1 aliphatic carbocycles. The average molecular weight is 373 g/mol. The van der Waals surface area contributed by atoms with Crippen molar-refractivity contribution in [2.24, 2.45) is 5.92 Å². The van der Waals surface area contributed by atoms with Crippen molar-refractivity contribution in [2.75, 3.05) is 0 Å². The molecule has 1 aromatic carbocycles. The molecule has 0 bridgehead atoms. The number of carbonyl (C=O) groups excluding carboxylic acids is 1. The number of benzene rings is 1. The van der Waals surface area contributed by atoms with Crippen molar-refractivity contribution in [3.8, 4) is 0 Å². The number of aliphatic hydroxyl groups is 1. The van der Waals surface area contributed by atoms with Crippen LogP contribution in [0.3, 0.4) is 0 Å². The van der Waals surface area contributed by atoms with Crippen LogP contribution in [0.25, 0.3) is 4.96 Å². The van der Waals surface area contributed by atoms with Crippen LogP contribution in [0, 0.1) is 11.7 Å². The number of nitrogens with one attached hydrogen (secondary N) is 1. The Balaban J connectivity index is 1.66. The molecule has 2 heterocycles. The van der Waals surface area contributed by atoms with Crippen LogP contribution in [0.1, 0.15) is 34.9 Å². The molecule has 1 atom stereocenters. The smallest absolute Gasteiger partial charge is 0.274 e. The van der Waals surface area contributed by atoms with Gasteiger partial charge in [-0.3, -0.25) is 14.0 Å². The van der Waals surface area contributed by atoms with Gasteiger partial charge in [0.05, 0.1) is 12.1 Å². The lowest BCUT2D eigenvalue weighted by Gasteiger charge is -2.38.